The van der Waals surface area contributed by atoms with Crippen LogP contribution in [0.1, 0.15) is 18.9 Å². The van der Waals surface area contributed by atoms with Gasteiger partial charge in [-0.1, -0.05) is 12.1 Å². The van der Waals surface area contributed by atoms with Gasteiger partial charge in [-0.2, -0.15) is 0 Å². The zero-order valence-corrected chi connectivity index (χ0v) is 13.4. The van der Waals surface area contributed by atoms with Gasteiger partial charge in [-0.3, -0.25) is 14.5 Å². The average Bonchev–Trinajstić information content (AvgIpc) is 2.96. The van der Waals surface area contributed by atoms with Gasteiger partial charge in [-0.25, -0.2) is 0 Å². The average molecular weight is 321 g/mol. The predicted molar refractivity (Wildman–Crippen MR) is 84.6 cm³/mol. The van der Waals surface area contributed by atoms with Crippen LogP contribution in [-0.4, -0.2) is 53.7 Å². The number of carbonyl (C=O) groups excluding carboxylic acids is 2. The Bertz CT molecular complexity index is 592. The van der Waals surface area contributed by atoms with Gasteiger partial charge in [0.25, 0.3) is 5.91 Å². The van der Waals surface area contributed by atoms with E-state index in [0.717, 1.165) is 11.3 Å². The number of benzene rings is 1. The summed E-state index contributed by atoms with van der Waals surface area (Å²) < 4.78 is 5.14. The zero-order chi connectivity index (χ0) is 17.0. The number of rotatable bonds is 6. The predicted octanol–water partition coefficient (Wildman–Crippen LogP) is -0.378. The number of likely N-dealkylation sites (tertiary alicyclic amines) is 1. The van der Waals surface area contributed by atoms with Crippen molar-refractivity contribution in [1.29, 1.82) is 0 Å². The summed E-state index contributed by atoms with van der Waals surface area (Å²) in [5.74, 6) is -0.179. The van der Waals surface area contributed by atoms with E-state index in [9.17, 15) is 14.7 Å². The highest BCUT2D eigenvalue weighted by Gasteiger charge is 2.43. The molecule has 1 aromatic carbocycles. The number of carbonyl (C=O) groups is 2. The lowest BCUT2D eigenvalue weighted by atomic mass is 10.0. The van der Waals surface area contributed by atoms with Crippen molar-refractivity contribution in [2.24, 2.45) is 5.73 Å². The molecule has 7 heteroatoms. The molecule has 2 amide bonds. The Hall–Kier alpha value is -2.12. The summed E-state index contributed by atoms with van der Waals surface area (Å²) in [6.07, 6.45) is 0.246. The van der Waals surface area contributed by atoms with Crippen molar-refractivity contribution in [1.82, 2.24) is 10.2 Å². The van der Waals surface area contributed by atoms with Crippen LogP contribution in [0.15, 0.2) is 24.3 Å². The summed E-state index contributed by atoms with van der Waals surface area (Å²) in [4.78, 5) is 25.3. The molecule has 2 rings (SSSR count). The third-order valence-electron chi connectivity index (χ3n) is 4.26. The van der Waals surface area contributed by atoms with Crippen molar-refractivity contribution in [3.8, 4) is 5.75 Å². The molecule has 23 heavy (non-hydrogen) atoms. The Kier molecular flexibility index (Phi) is 5.23. The number of hydrogen-bond donors (Lipinski definition) is 3. The van der Waals surface area contributed by atoms with E-state index in [2.05, 4.69) is 5.32 Å². The Morgan fingerprint density at radius 1 is 1.52 bits per heavy atom. The number of primary amides is 1. The molecule has 0 saturated carbocycles. The molecule has 1 aliphatic rings. The standard InChI is InChI=1S/C16H23N3O4/c1-11(19-7-6-16(22,10-19)15(17)21)14(20)18-9-12-4-3-5-13(8-12)23-2/h3-5,8,11,22H,6-7,9-10H2,1-2H3,(H2,17,21)(H,18,20)/t11-,16+/m0/s1. The smallest absolute Gasteiger partial charge is 0.250 e. The number of methoxy groups -OCH3 is 1. The van der Waals surface area contributed by atoms with Crippen LogP contribution >= 0.6 is 0 Å². The molecular formula is C16H23N3O4. The fourth-order valence-corrected chi connectivity index (χ4v) is 2.64. The van der Waals surface area contributed by atoms with Gasteiger partial charge in [0.2, 0.25) is 5.91 Å². The minimum Gasteiger partial charge on any atom is -0.497 e. The van der Waals surface area contributed by atoms with E-state index in [1.807, 2.05) is 24.3 Å². The Labute approximate surface area is 135 Å². The second-order valence-electron chi connectivity index (χ2n) is 5.86. The van der Waals surface area contributed by atoms with Gasteiger partial charge in [0.05, 0.1) is 13.2 Å². The summed E-state index contributed by atoms with van der Waals surface area (Å²) in [6.45, 7) is 2.66. The number of nitrogens with zero attached hydrogens (tertiary/aromatic N) is 1. The Morgan fingerprint density at radius 2 is 2.26 bits per heavy atom. The van der Waals surface area contributed by atoms with Crippen LogP contribution in [0.4, 0.5) is 0 Å². The summed E-state index contributed by atoms with van der Waals surface area (Å²) in [6, 6.07) is 7.00. The van der Waals surface area contributed by atoms with Crippen molar-refractivity contribution < 1.29 is 19.4 Å². The van der Waals surface area contributed by atoms with Crippen LogP contribution in [0, 0.1) is 0 Å². The summed E-state index contributed by atoms with van der Waals surface area (Å²) in [5, 5.41) is 12.9. The van der Waals surface area contributed by atoms with Gasteiger partial charge in [0.15, 0.2) is 5.60 Å². The molecule has 1 saturated heterocycles. The molecule has 0 aliphatic carbocycles. The first kappa shape index (κ1) is 17.2. The molecule has 1 fully saturated rings. The SMILES string of the molecule is COc1cccc(CNC(=O)[C@H](C)N2CC[C@](O)(C(N)=O)C2)c1. The van der Waals surface area contributed by atoms with Crippen molar-refractivity contribution in [2.75, 3.05) is 20.2 Å². The van der Waals surface area contributed by atoms with Crippen molar-refractivity contribution in [2.45, 2.75) is 31.5 Å². The van der Waals surface area contributed by atoms with Crippen LogP contribution in [0.2, 0.25) is 0 Å². The maximum Gasteiger partial charge on any atom is 0.250 e. The quantitative estimate of drug-likeness (QED) is 0.662. The Balaban J connectivity index is 1.89. The Morgan fingerprint density at radius 3 is 2.87 bits per heavy atom. The number of nitrogens with one attached hydrogen (secondary N) is 1. The van der Waals surface area contributed by atoms with E-state index in [4.69, 9.17) is 10.5 Å². The lowest BCUT2D eigenvalue weighted by Gasteiger charge is -2.25. The molecule has 1 heterocycles. The maximum atomic E-state index is 12.3. The minimum atomic E-state index is -1.54. The number of amides is 2. The minimum absolute atomic E-state index is 0.0794. The van der Waals surface area contributed by atoms with Crippen molar-refractivity contribution >= 4 is 11.8 Å². The molecule has 0 unspecified atom stereocenters. The monoisotopic (exact) mass is 321 g/mol. The first-order valence-electron chi connectivity index (χ1n) is 7.53. The fourth-order valence-electron chi connectivity index (χ4n) is 2.64. The lowest BCUT2D eigenvalue weighted by Crippen LogP contribution is -2.49. The highest BCUT2D eigenvalue weighted by molar-refractivity contribution is 5.85. The number of β-amino-alcohol motifs (C(OH)–C–C–N with tert-alkyl or cyclic N) is 1. The van der Waals surface area contributed by atoms with Gasteiger partial charge < -0.3 is 20.9 Å². The molecular weight excluding hydrogens is 298 g/mol. The van der Waals surface area contributed by atoms with E-state index in [-0.39, 0.29) is 18.9 Å². The molecule has 1 aromatic rings. The number of ether oxygens (including phenoxy) is 1. The molecule has 126 valence electrons. The largest absolute Gasteiger partial charge is 0.497 e. The topological polar surface area (TPSA) is 105 Å². The van der Waals surface area contributed by atoms with E-state index >= 15 is 0 Å². The van der Waals surface area contributed by atoms with Crippen LogP contribution in [0.3, 0.4) is 0 Å². The second-order valence-corrected chi connectivity index (χ2v) is 5.86. The first-order chi connectivity index (χ1) is 10.9. The van der Waals surface area contributed by atoms with Gasteiger partial charge in [-0.15, -0.1) is 0 Å². The molecule has 1 aliphatic heterocycles. The number of aliphatic hydroxyl groups is 1. The van der Waals surface area contributed by atoms with Crippen molar-refractivity contribution in [3.63, 3.8) is 0 Å². The summed E-state index contributed by atoms with van der Waals surface area (Å²) in [5.41, 5.74) is 4.59. The lowest BCUT2D eigenvalue weighted by molar-refractivity contribution is -0.136. The molecule has 0 radical (unpaired) electrons. The normalized spacial score (nSPS) is 22.6. The molecule has 4 N–H and O–H groups in total. The fraction of sp³-hybridized carbons (Fsp3) is 0.500. The summed E-state index contributed by atoms with van der Waals surface area (Å²) in [7, 11) is 1.59. The maximum absolute atomic E-state index is 12.3. The van der Waals surface area contributed by atoms with Crippen LogP contribution in [0.25, 0.3) is 0 Å². The number of hydrogen-bond acceptors (Lipinski definition) is 5. The molecule has 0 spiro atoms. The highest BCUT2D eigenvalue weighted by Crippen LogP contribution is 2.22. The van der Waals surface area contributed by atoms with E-state index in [1.165, 1.54) is 0 Å². The molecule has 7 nitrogen and oxygen atoms in total. The van der Waals surface area contributed by atoms with Gasteiger partial charge in [0.1, 0.15) is 5.75 Å². The van der Waals surface area contributed by atoms with Crippen LogP contribution in [-0.2, 0) is 16.1 Å². The van der Waals surface area contributed by atoms with E-state index in [0.29, 0.717) is 13.1 Å². The number of nitrogens with two attached hydrogens (primary N) is 1. The van der Waals surface area contributed by atoms with Crippen LogP contribution in [0.5, 0.6) is 5.75 Å². The first-order valence-corrected chi connectivity index (χ1v) is 7.53. The van der Waals surface area contributed by atoms with E-state index in [1.54, 1.807) is 18.9 Å². The molecule has 0 aromatic heterocycles. The highest BCUT2D eigenvalue weighted by atomic mass is 16.5. The van der Waals surface area contributed by atoms with Gasteiger partial charge in [0, 0.05) is 19.6 Å². The van der Waals surface area contributed by atoms with Crippen LogP contribution < -0.4 is 15.8 Å². The van der Waals surface area contributed by atoms with Gasteiger partial charge in [-0.05, 0) is 31.0 Å². The van der Waals surface area contributed by atoms with Crippen molar-refractivity contribution in [3.05, 3.63) is 29.8 Å². The summed E-state index contributed by atoms with van der Waals surface area (Å²) >= 11 is 0. The van der Waals surface area contributed by atoms with Gasteiger partial charge >= 0.3 is 0 Å². The van der Waals surface area contributed by atoms with E-state index < -0.39 is 17.6 Å². The zero-order valence-electron chi connectivity index (χ0n) is 13.4. The second kappa shape index (κ2) is 6.97. The molecule has 2 atom stereocenters. The third-order valence-corrected chi connectivity index (χ3v) is 4.26. The molecule has 0 bridgehead atoms. The third kappa shape index (κ3) is 4.00.